The van der Waals surface area contributed by atoms with Crippen LogP contribution >= 0.6 is 0 Å². The lowest BCUT2D eigenvalue weighted by atomic mass is 9.82. The summed E-state index contributed by atoms with van der Waals surface area (Å²) in [5.41, 5.74) is 8.19. The lowest BCUT2D eigenvalue weighted by Gasteiger charge is -2.28. The van der Waals surface area contributed by atoms with Gasteiger partial charge in [0.1, 0.15) is 17.4 Å². The molecule has 1 atom stereocenters. The van der Waals surface area contributed by atoms with Gasteiger partial charge in [-0.15, -0.1) is 0 Å². The number of rotatable bonds is 5. The Kier molecular flexibility index (Phi) is 5.35. The molecule has 0 bridgehead atoms. The van der Waals surface area contributed by atoms with Crippen LogP contribution in [0.5, 0.6) is 23.0 Å². The number of hydrogen-bond acceptors (Lipinski definition) is 6. The fraction of sp³-hybridized carbons (Fsp3) is 0.240. The van der Waals surface area contributed by atoms with E-state index in [1.807, 2.05) is 62.4 Å². The fourth-order valence-corrected chi connectivity index (χ4v) is 3.95. The van der Waals surface area contributed by atoms with E-state index in [9.17, 15) is 5.26 Å². The van der Waals surface area contributed by atoms with Gasteiger partial charge in [0.2, 0.25) is 11.6 Å². The summed E-state index contributed by atoms with van der Waals surface area (Å²) in [4.78, 5) is 0. The van der Waals surface area contributed by atoms with Crippen molar-refractivity contribution in [3.8, 4) is 29.1 Å². The number of nitrogens with zero attached hydrogens (tertiary/aromatic N) is 1. The summed E-state index contributed by atoms with van der Waals surface area (Å²) in [7, 11) is 3.15. The Morgan fingerprint density at radius 1 is 1.03 bits per heavy atom. The molecule has 0 spiro atoms. The number of nitrogens with two attached hydrogens (primary N) is 1. The van der Waals surface area contributed by atoms with Gasteiger partial charge in [0.05, 0.1) is 26.2 Å². The van der Waals surface area contributed by atoms with Crippen molar-refractivity contribution in [3.63, 3.8) is 0 Å². The third-order valence-electron chi connectivity index (χ3n) is 5.28. The Morgan fingerprint density at radius 2 is 1.71 bits per heavy atom. The van der Waals surface area contributed by atoms with Gasteiger partial charge in [0.15, 0.2) is 11.5 Å². The van der Waals surface area contributed by atoms with Crippen molar-refractivity contribution < 1.29 is 18.9 Å². The molecule has 1 heterocycles. The van der Waals surface area contributed by atoms with Gasteiger partial charge in [-0.2, -0.15) is 5.26 Å². The largest absolute Gasteiger partial charge is 0.493 e. The number of nitriles is 1. The Morgan fingerprint density at radius 3 is 2.32 bits per heavy atom. The summed E-state index contributed by atoms with van der Waals surface area (Å²) in [5, 5.41) is 11.9. The molecule has 3 aromatic carbocycles. The van der Waals surface area contributed by atoms with Crippen LogP contribution in [0.15, 0.2) is 60.0 Å². The highest BCUT2D eigenvalue weighted by Crippen LogP contribution is 2.49. The van der Waals surface area contributed by atoms with E-state index in [-0.39, 0.29) is 12.0 Å². The molecule has 3 aromatic rings. The Labute approximate surface area is 181 Å². The summed E-state index contributed by atoms with van der Waals surface area (Å²) >= 11 is 0. The third kappa shape index (κ3) is 3.49. The van der Waals surface area contributed by atoms with Crippen molar-refractivity contribution >= 4 is 10.8 Å². The highest BCUT2D eigenvalue weighted by molar-refractivity contribution is 5.91. The molecule has 1 aliphatic heterocycles. The summed E-state index contributed by atoms with van der Waals surface area (Å²) in [6, 6.07) is 17.9. The zero-order chi connectivity index (χ0) is 22.1. The first-order valence-corrected chi connectivity index (χ1v) is 10.00. The molecule has 2 N–H and O–H groups in total. The second-order valence-electron chi connectivity index (χ2n) is 7.55. The molecule has 1 aliphatic rings. The highest BCUT2D eigenvalue weighted by Gasteiger charge is 2.33. The van der Waals surface area contributed by atoms with Crippen LogP contribution in [0.2, 0.25) is 0 Å². The van der Waals surface area contributed by atoms with Gasteiger partial charge >= 0.3 is 0 Å². The minimum Gasteiger partial charge on any atom is -0.493 e. The van der Waals surface area contributed by atoms with Gasteiger partial charge in [-0.3, -0.25) is 0 Å². The maximum absolute atomic E-state index is 9.90. The zero-order valence-corrected chi connectivity index (χ0v) is 17.9. The van der Waals surface area contributed by atoms with E-state index < -0.39 is 5.92 Å². The van der Waals surface area contributed by atoms with Crippen LogP contribution in [0.1, 0.15) is 30.9 Å². The average Bonchev–Trinajstić information content (AvgIpc) is 2.77. The van der Waals surface area contributed by atoms with E-state index in [1.165, 1.54) is 0 Å². The molecular weight excluding hydrogens is 392 g/mol. The van der Waals surface area contributed by atoms with Crippen LogP contribution in [0, 0.1) is 11.3 Å². The Hall–Kier alpha value is -3.85. The molecular formula is C25H24N2O4. The second kappa shape index (κ2) is 8.11. The number of ether oxygens (including phenoxy) is 4. The number of benzene rings is 3. The molecule has 158 valence electrons. The molecule has 4 rings (SSSR count). The number of allylic oxidation sites excluding steroid dienone is 1. The Balaban J connectivity index is 1.97. The molecule has 1 unspecified atom stereocenters. The first kappa shape index (κ1) is 20.4. The first-order valence-electron chi connectivity index (χ1n) is 10.00. The lowest BCUT2D eigenvalue weighted by molar-refractivity contribution is 0.218. The van der Waals surface area contributed by atoms with E-state index in [4.69, 9.17) is 24.7 Å². The quantitative estimate of drug-likeness (QED) is 0.639. The molecule has 0 aromatic heterocycles. The van der Waals surface area contributed by atoms with E-state index in [2.05, 4.69) is 6.07 Å². The molecule has 6 nitrogen and oxygen atoms in total. The van der Waals surface area contributed by atoms with E-state index in [1.54, 1.807) is 14.2 Å². The number of fused-ring (bicyclic) bond motifs is 3. The Bertz CT molecular complexity index is 1200. The maximum Gasteiger partial charge on any atom is 0.205 e. The summed E-state index contributed by atoms with van der Waals surface area (Å²) in [6.07, 6.45) is -0.0611. The summed E-state index contributed by atoms with van der Waals surface area (Å²) in [5.74, 6) is 1.87. The monoisotopic (exact) mass is 416 g/mol. The topological polar surface area (TPSA) is 86.7 Å². The predicted octanol–water partition coefficient (Wildman–Crippen LogP) is 4.86. The third-order valence-corrected chi connectivity index (χ3v) is 5.28. The van der Waals surface area contributed by atoms with Gasteiger partial charge in [-0.05, 0) is 36.9 Å². The van der Waals surface area contributed by atoms with Gasteiger partial charge in [-0.25, -0.2) is 0 Å². The van der Waals surface area contributed by atoms with Crippen LogP contribution in [0.4, 0.5) is 0 Å². The SMILES string of the molecule is COc1cc(C2C(C#N)=C(N)Oc3c2ccc2ccccc32)cc(OC)c1OC(C)C. The average molecular weight is 416 g/mol. The standard InChI is InChI=1S/C25H24N2O4/c1-14(2)30-24-20(28-3)11-16(12-21(24)29-4)22-18-10-9-15-7-5-6-8-17(15)23(18)31-25(27)19(22)13-26/h5-12,14,22H,27H2,1-4H3. The maximum atomic E-state index is 9.90. The first-order chi connectivity index (χ1) is 15.0. The van der Waals surface area contributed by atoms with E-state index in [0.29, 0.717) is 28.6 Å². The van der Waals surface area contributed by atoms with Crippen molar-refractivity contribution in [1.82, 2.24) is 0 Å². The van der Waals surface area contributed by atoms with Gasteiger partial charge in [0, 0.05) is 10.9 Å². The van der Waals surface area contributed by atoms with Crippen LogP contribution in [-0.4, -0.2) is 20.3 Å². The van der Waals surface area contributed by atoms with Crippen molar-refractivity contribution in [2.75, 3.05) is 14.2 Å². The lowest BCUT2D eigenvalue weighted by Crippen LogP contribution is -2.21. The van der Waals surface area contributed by atoms with Crippen LogP contribution in [0.3, 0.4) is 0 Å². The van der Waals surface area contributed by atoms with Crippen molar-refractivity contribution in [2.45, 2.75) is 25.9 Å². The van der Waals surface area contributed by atoms with Crippen LogP contribution < -0.4 is 24.7 Å². The minimum atomic E-state index is -0.436. The number of methoxy groups -OCH3 is 2. The zero-order valence-electron chi connectivity index (χ0n) is 17.9. The van der Waals surface area contributed by atoms with E-state index in [0.717, 1.165) is 21.9 Å². The van der Waals surface area contributed by atoms with Crippen LogP contribution in [0.25, 0.3) is 10.8 Å². The molecule has 0 saturated carbocycles. The van der Waals surface area contributed by atoms with Gasteiger partial charge in [-0.1, -0.05) is 36.4 Å². The molecule has 0 saturated heterocycles. The normalized spacial score (nSPS) is 15.3. The fourth-order valence-electron chi connectivity index (χ4n) is 3.95. The molecule has 6 heteroatoms. The molecule has 0 fully saturated rings. The van der Waals surface area contributed by atoms with Crippen molar-refractivity contribution in [1.29, 1.82) is 5.26 Å². The second-order valence-corrected chi connectivity index (χ2v) is 7.55. The minimum absolute atomic E-state index is 0.0611. The smallest absolute Gasteiger partial charge is 0.205 e. The van der Waals surface area contributed by atoms with Crippen molar-refractivity contribution in [2.24, 2.45) is 5.73 Å². The van der Waals surface area contributed by atoms with Crippen LogP contribution in [-0.2, 0) is 0 Å². The van der Waals surface area contributed by atoms with E-state index >= 15 is 0 Å². The summed E-state index contributed by atoms with van der Waals surface area (Å²) < 4.78 is 23.1. The van der Waals surface area contributed by atoms with Crippen molar-refractivity contribution in [3.05, 3.63) is 71.1 Å². The molecule has 31 heavy (non-hydrogen) atoms. The molecule has 0 radical (unpaired) electrons. The molecule has 0 aliphatic carbocycles. The molecule has 0 amide bonds. The predicted molar refractivity (Wildman–Crippen MR) is 119 cm³/mol. The van der Waals surface area contributed by atoms with Gasteiger partial charge < -0.3 is 24.7 Å². The summed E-state index contributed by atoms with van der Waals surface area (Å²) in [6.45, 7) is 3.87. The van der Waals surface area contributed by atoms with Gasteiger partial charge in [0.25, 0.3) is 0 Å². The number of hydrogen-bond donors (Lipinski definition) is 1. The highest BCUT2D eigenvalue weighted by atomic mass is 16.5.